The van der Waals surface area contributed by atoms with Crippen molar-refractivity contribution in [2.24, 2.45) is 12.8 Å². The molecular formula is C13H24N4O. The van der Waals surface area contributed by atoms with E-state index in [9.17, 15) is 0 Å². The third-order valence-corrected chi connectivity index (χ3v) is 3.99. The number of nitrogens with two attached hydrogens (primary N) is 1. The SMILES string of the molecule is CCOC1CC(CN)(N(C)Cc2cnn(C)c2)C1. The summed E-state index contributed by atoms with van der Waals surface area (Å²) in [5, 5.41) is 4.20. The van der Waals surface area contributed by atoms with Crippen molar-refractivity contribution in [3.05, 3.63) is 18.0 Å². The first-order valence-corrected chi connectivity index (χ1v) is 6.60. The van der Waals surface area contributed by atoms with Crippen LogP contribution in [-0.2, 0) is 18.3 Å². The monoisotopic (exact) mass is 252 g/mol. The highest BCUT2D eigenvalue weighted by molar-refractivity contribution is 5.09. The van der Waals surface area contributed by atoms with Gasteiger partial charge in [-0.05, 0) is 26.8 Å². The van der Waals surface area contributed by atoms with E-state index in [1.807, 2.05) is 24.9 Å². The van der Waals surface area contributed by atoms with Crippen molar-refractivity contribution >= 4 is 0 Å². The Balaban J connectivity index is 1.93. The Labute approximate surface area is 109 Å². The molecule has 2 N–H and O–H groups in total. The van der Waals surface area contributed by atoms with Crippen LogP contribution in [0.25, 0.3) is 0 Å². The Hall–Kier alpha value is -0.910. The molecule has 1 aromatic rings. The van der Waals surface area contributed by atoms with Crippen molar-refractivity contribution in [2.45, 2.75) is 38.0 Å². The largest absolute Gasteiger partial charge is 0.378 e. The van der Waals surface area contributed by atoms with Gasteiger partial charge in [-0.15, -0.1) is 0 Å². The fourth-order valence-corrected chi connectivity index (χ4v) is 2.77. The molecule has 1 heterocycles. The minimum absolute atomic E-state index is 0.107. The quantitative estimate of drug-likeness (QED) is 0.811. The molecule has 5 heteroatoms. The number of aromatic nitrogens is 2. The van der Waals surface area contributed by atoms with E-state index < -0.39 is 0 Å². The summed E-state index contributed by atoms with van der Waals surface area (Å²) in [5.74, 6) is 0. The van der Waals surface area contributed by atoms with E-state index in [0.717, 1.165) is 26.0 Å². The molecule has 0 atom stereocenters. The molecule has 1 saturated carbocycles. The lowest BCUT2D eigenvalue weighted by atomic mass is 9.73. The van der Waals surface area contributed by atoms with E-state index in [1.165, 1.54) is 5.56 Å². The van der Waals surface area contributed by atoms with E-state index in [0.29, 0.717) is 12.6 Å². The van der Waals surface area contributed by atoms with E-state index in [1.54, 1.807) is 0 Å². The van der Waals surface area contributed by atoms with Crippen LogP contribution in [0.3, 0.4) is 0 Å². The van der Waals surface area contributed by atoms with Gasteiger partial charge in [-0.25, -0.2) is 0 Å². The zero-order valence-electron chi connectivity index (χ0n) is 11.6. The third kappa shape index (κ3) is 2.58. The third-order valence-electron chi connectivity index (χ3n) is 3.99. The van der Waals surface area contributed by atoms with E-state index in [-0.39, 0.29) is 5.54 Å². The van der Waals surface area contributed by atoms with Gasteiger partial charge in [0.15, 0.2) is 0 Å². The molecule has 0 aromatic carbocycles. The van der Waals surface area contributed by atoms with Crippen molar-refractivity contribution in [3.63, 3.8) is 0 Å². The molecule has 0 aliphatic heterocycles. The average Bonchev–Trinajstić information content (AvgIpc) is 2.68. The zero-order valence-corrected chi connectivity index (χ0v) is 11.6. The summed E-state index contributed by atoms with van der Waals surface area (Å²) in [6, 6.07) is 0. The van der Waals surface area contributed by atoms with Crippen LogP contribution in [0.1, 0.15) is 25.3 Å². The van der Waals surface area contributed by atoms with Crippen molar-refractivity contribution in [3.8, 4) is 0 Å². The molecule has 102 valence electrons. The second-order valence-electron chi connectivity index (χ2n) is 5.29. The van der Waals surface area contributed by atoms with Crippen molar-refractivity contribution in [2.75, 3.05) is 20.2 Å². The van der Waals surface area contributed by atoms with Crippen LogP contribution in [0.15, 0.2) is 12.4 Å². The Kier molecular flexibility index (Phi) is 4.04. The Bertz CT molecular complexity index is 384. The first kappa shape index (κ1) is 13.5. The molecule has 1 fully saturated rings. The fraction of sp³-hybridized carbons (Fsp3) is 0.769. The molecule has 1 aromatic heterocycles. The molecule has 0 saturated heterocycles. The predicted octanol–water partition coefficient (Wildman–Crippen LogP) is 0.748. The summed E-state index contributed by atoms with van der Waals surface area (Å²) in [6.07, 6.45) is 6.43. The van der Waals surface area contributed by atoms with Gasteiger partial charge in [-0.1, -0.05) is 0 Å². The van der Waals surface area contributed by atoms with Crippen LogP contribution >= 0.6 is 0 Å². The summed E-state index contributed by atoms with van der Waals surface area (Å²) in [7, 11) is 4.08. The highest BCUT2D eigenvalue weighted by Gasteiger charge is 2.46. The summed E-state index contributed by atoms with van der Waals surface area (Å²) in [5.41, 5.74) is 7.31. The number of aryl methyl sites for hydroxylation is 1. The maximum Gasteiger partial charge on any atom is 0.0611 e. The second-order valence-corrected chi connectivity index (χ2v) is 5.29. The number of hydrogen-bond donors (Lipinski definition) is 1. The summed E-state index contributed by atoms with van der Waals surface area (Å²) in [4.78, 5) is 2.35. The van der Waals surface area contributed by atoms with Crippen LogP contribution in [0, 0.1) is 0 Å². The van der Waals surface area contributed by atoms with Gasteiger partial charge >= 0.3 is 0 Å². The van der Waals surface area contributed by atoms with Crippen LogP contribution in [0.4, 0.5) is 0 Å². The highest BCUT2D eigenvalue weighted by Crippen LogP contribution is 2.39. The van der Waals surface area contributed by atoms with Gasteiger partial charge in [0.05, 0.1) is 12.3 Å². The van der Waals surface area contributed by atoms with Crippen molar-refractivity contribution in [1.82, 2.24) is 14.7 Å². The number of hydrogen-bond acceptors (Lipinski definition) is 4. The molecule has 0 radical (unpaired) electrons. The first-order chi connectivity index (χ1) is 8.59. The fourth-order valence-electron chi connectivity index (χ4n) is 2.77. The Morgan fingerprint density at radius 3 is 2.83 bits per heavy atom. The smallest absolute Gasteiger partial charge is 0.0611 e. The summed E-state index contributed by atoms with van der Waals surface area (Å²) >= 11 is 0. The molecule has 5 nitrogen and oxygen atoms in total. The van der Waals surface area contributed by atoms with E-state index in [4.69, 9.17) is 10.5 Å². The molecule has 0 amide bonds. The van der Waals surface area contributed by atoms with E-state index >= 15 is 0 Å². The minimum atomic E-state index is 0.107. The molecule has 2 rings (SSSR count). The highest BCUT2D eigenvalue weighted by atomic mass is 16.5. The van der Waals surface area contributed by atoms with Crippen LogP contribution < -0.4 is 5.73 Å². The molecule has 1 aliphatic rings. The molecular weight excluding hydrogens is 228 g/mol. The van der Waals surface area contributed by atoms with Gasteiger partial charge in [-0.2, -0.15) is 5.10 Å². The van der Waals surface area contributed by atoms with Crippen LogP contribution in [0.2, 0.25) is 0 Å². The second kappa shape index (κ2) is 5.38. The summed E-state index contributed by atoms with van der Waals surface area (Å²) < 4.78 is 7.48. The van der Waals surface area contributed by atoms with Gasteiger partial charge in [0, 0.05) is 44.0 Å². The topological polar surface area (TPSA) is 56.3 Å². The van der Waals surface area contributed by atoms with Crippen LogP contribution in [0.5, 0.6) is 0 Å². The average molecular weight is 252 g/mol. The maximum absolute atomic E-state index is 5.97. The van der Waals surface area contributed by atoms with Gasteiger partial charge < -0.3 is 10.5 Å². The molecule has 0 spiro atoms. The van der Waals surface area contributed by atoms with Gasteiger partial charge in [0.25, 0.3) is 0 Å². The van der Waals surface area contributed by atoms with Crippen molar-refractivity contribution < 1.29 is 4.74 Å². The molecule has 18 heavy (non-hydrogen) atoms. The van der Waals surface area contributed by atoms with Gasteiger partial charge in [-0.3, -0.25) is 9.58 Å². The van der Waals surface area contributed by atoms with Gasteiger partial charge in [0.2, 0.25) is 0 Å². The predicted molar refractivity (Wildman–Crippen MR) is 71.1 cm³/mol. The lowest BCUT2D eigenvalue weighted by molar-refractivity contribution is -0.0947. The standard InChI is InChI=1S/C13H24N4O/c1-4-18-12-5-13(6-12,10-14)16(2)8-11-7-15-17(3)9-11/h7,9,12H,4-6,8,10,14H2,1-3H3. The lowest BCUT2D eigenvalue weighted by Crippen LogP contribution is -2.62. The number of rotatable bonds is 6. The maximum atomic E-state index is 5.97. The molecule has 0 unspecified atom stereocenters. The Morgan fingerprint density at radius 1 is 1.61 bits per heavy atom. The lowest BCUT2D eigenvalue weighted by Gasteiger charge is -2.52. The van der Waals surface area contributed by atoms with Crippen LogP contribution in [-0.4, -0.2) is 46.5 Å². The van der Waals surface area contributed by atoms with Gasteiger partial charge in [0.1, 0.15) is 0 Å². The Morgan fingerprint density at radius 2 is 2.33 bits per heavy atom. The molecule has 1 aliphatic carbocycles. The van der Waals surface area contributed by atoms with Crippen molar-refractivity contribution in [1.29, 1.82) is 0 Å². The molecule has 0 bridgehead atoms. The first-order valence-electron chi connectivity index (χ1n) is 6.60. The zero-order chi connectivity index (χ0) is 13.2. The normalized spacial score (nSPS) is 27.5. The number of likely N-dealkylation sites (N-methyl/N-ethyl adjacent to an activating group) is 1. The summed E-state index contributed by atoms with van der Waals surface area (Å²) in [6.45, 7) is 4.41. The minimum Gasteiger partial charge on any atom is -0.378 e. The number of nitrogens with zero attached hydrogens (tertiary/aromatic N) is 3. The van der Waals surface area contributed by atoms with E-state index in [2.05, 4.69) is 23.2 Å². The number of ether oxygens (including phenoxy) is 1.